The monoisotopic (exact) mass is 550 g/mol. The first-order valence-electron chi connectivity index (χ1n) is 11.5. The maximum atomic E-state index is 12.8. The fourth-order valence-corrected chi connectivity index (χ4v) is 5.20. The van der Waals surface area contributed by atoms with Crippen LogP contribution in [0.2, 0.25) is 0 Å². The number of aromatic carboxylic acids is 1. The molecule has 0 unspecified atom stereocenters. The van der Waals surface area contributed by atoms with Gasteiger partial charge in [0.1, 0.15) is 17.2 Å². The average molecular weight is 551 g/mol. The molecule has 0 aliphatic carbocycles. The van der Waals surface area contributed by atoms with Gasteiger partial charge in [-0.05, 0) is 80.4 Å². The van der Waals surface area contributed by atoms with Crippen molar-refractivity contribution in [1.29, 1.82) is 0 Å². The molecule has 38 heavy (non-hydrogen) atoms. The fraction of sp³-hybridized carbons (Fsp3) is 0.107. The molecular formula is C28H26N2O6S2. The van der Waals surface area contributed by atoms with Crippen LogP contribution in [-0.4, -0.2) is 26.6 Å². The molecule has 0 heterocycles. The molecule has 0 saturated heterocycles. The molecule has 0 amide bonds. The standard InChI is InChI=1S/C28H26N2O6S2/c1-18-4-10-22(11-5-18)37-29-25-14-8-20(16-24(25)28(31)32)36-21-9-15-26(27(17-21)35-3)30-38(33,34)23-12-6-19(2)7-13-23/h4-17,29-30H,1-3H3,(H,31,32). The van der Waals surface area contributed by atoms with Gasteiger partial charge in [0.15, 0.2) is 0 Å². The van der Waals surface area contributed by atoms with Gasteiger partial charge in [-0.1, -0.05) is 35.4 Å². The maximum absolute atomic E-state index is 12.8. The number of hydrogen-bond donors (Lipinski definition) is 3. The lowest BCUT2D eigenvalue weighted by Gasteiger charge is -2.15. The van der Waals surface area contributed by atoms with Gasteiger partial charge in [0, 0.05) is 11.0 Å². The minimum Gasteiger partial charge on any atom is -0.494 e. The third-order valence-electron chi connectivity index (χ3n) is 5.51. The lowest BCUT2D eigenvalue weighted by Crippen LogP contribution is -2.13. The van der Waals surface area contributed by atoms with Gasteiger partial charge in [0.05, 0.1) is 28.9 Å². The van der Waals surface area contributed by atoms with Crippen molar-refractivity contribution in [2.45, 2.75) is 23.6 Å². The van der Waals surface area contributed by atoms with Crippen LogP contribution in [0.5, 0.6) is 17.2 Å². The third-order valence-corrected chi connectivity index (χ3v) is 7.72. The molecule has 0 spiro atoms. The molecule has 0 aliphatic rings. The highest BCUT2D eigenvalue weighted by Gasteiger charge is 2.18. The van der Waals surface area contributed by atoms with Gasteiger partial charge < -0.3 is 19.3 Å². The smallest absolute Gasteiger partial charge is 0.337 e. The average Bonchev–Trinajstić information content (AvgIpc) is 2.89. The normalized spacial score (nSPS) is 11.0. The van der Waals surface area contributed by atoms with E-state index < -0.39 is 16.0 Å². The van der Waals surface area contributed by atoms with Gasteiger partial charge in [0.2, 0.25) is 0 Å². The zero-order chi connectivity index (χ0) is 27.3. The van der Waals surface area contributed by atoms with Crippen molar-refractivity contribution in [1.82, 2.24) is 0 Å². The molecule has 0 aromatic heterocycles. The molecule has 8 nitrogen and oxygen atoms in total. The van der Waals surface area contributed by atoms with Crippen molar-refractivity contribution in [2.75, 3.05) is 16.6 Å². The van der Waals surface area contributed by atoms with Crippen LogP contribution < -0.4 is 18.9 Å². The first-order chi connectivity index (χ1) is 18.1. The molecule has 4 aromatic carbocycles. The van der Waals surface area contributed by atoms with Gasteiger partial charge in [0.25, 0.3) is 10.0 Å². The Labute approximate surface area is 225 Å². The van der Waals surface area contributed by atoms with Crippen molar-refractivity contribution in [3.05, 3.63) is 102 Å². The van der Waals surface area contributed by atoms with E-state index in [2.05, 4.69) is 9.44 Å². The van der Waals surface area contributed by atoms with Crippen LogP contribution in [-0.2, 0) is 10.0 Å². The Hall–Kier alpha value is -4.15. The molecule has 0 aliphatic heterocycles. The van der Waals surface area contributed by atoms with Crippen LogP contribution in [0.25, 0.3) is 0 Å². The van der Waals surface area contributed by atoms with E-state index >= 15 is 0 Å². The molecule has 4 rings (SSSR count). The highest BCUT2D eigenvalue weighted by Crippen LogP contribution is 2.35. The summed E-state index contributed by atoms with van der Waals surface area (Å²) in [5.41, 5.74) is 2.78. The van der Waals surface area contributed by atoms with Crippen molar-refractivity contribution < 1.29 is 27.8 Å². The molecule has 0 radical (unpaired) electrons. The van der Waals surface area contributed by atoms with Crippen molar-refractivity contribution >= 4 is 39.3 Å². The van der Waals surface area contributed by atoms with Gasteiger partial charge in [-0.15, -0.1) is 0 Å². The molecule has 0 saturated carbocycles. The zero-order valence-corrected chi connectivity index (χ0v) is 22.5. The second-order valence-electron chi connectivity index (χ2n) is 8.41. The van der Waals surface area contributed by atoms with E-state index in [0.29, 0.717) is 17.2 Å². The molecule has 10 heteroatoms. The summed E-state index contributed by atoms with van der Waals surface area (Å²) in [5, 5.41) is 9.74. The summed E-state index contributed by atoms with van der Waals surface area (Å²) in [6.45, 7) is 3.87. The minimum absolute atomic E-state index is 0.0385. The largest absolute Gasteiger partial charge is 0.494 e. The number of benzene rings is 4. The summed E-state index contributed by atoms with van der Waals surface area (Å²) in [4.78, 5) is 13.0. The van der Waals surface area contributed by atoms with Crippen LogP contribution in [0.1, 0.15) is 21.5 Å². The SMILES string of the molecule is COc1cc(Oc2ccc(NSc3ccc(C)cc3)c(C(=O)O)c2)ccc1NS(=O)(=O)c1ccc(C)cc1. The number of carboxylic acids is 1. The van der Waals surface area contributed by atoms with Gasteiger partial charge in [-0.25, -0.2) is 13.2 Å². The van der Waals surface area contributed by atoms with Crippen molar-refractivity contribution in [3.8, 4) is 17.2 Å². The molecule has 3 N–H and O–H groups in total. The number of nitrogens with one attached hydrogen (secondary N) is 2. The Bertz CT molecular complexity index is 1550. The summed E-state index contributed by atoms with van der Waals surface area (Å²) in [6.07, 6.45) is 0. The molecule has 0 fully saturated rings. The number of carbonyl (C=O) groups is 1. The zero-order valence-electron chi connectivity index (χ0n) is 20.9. The third kappa shape index (κ3) is 6.58. The highest BCUT2D eigenvalue weighted by molar-refractivity contribution is 8.00. The van der Waals surface area contributed by atoms with Crippen LogP contribution in [0.3, 0.4) is 0 Å². The van der Waals surface area contributed by atoms with Crippen molar-refractivity contribution in [3.63, 3.8) is 0 Å². The van der Waals surface area contributed by atoms with E-state index in [4.69, 9.17) is 9.47 Å². The topological polar surface area (TPSA) is 114 Å². The first kappa shape index (κ1) is 26.9. The predicted octanol–water partition coefficient (Wildman–Crippen LogP) is 6.72. The van der Waals surface area contributed by atoms with Gasteiger partial charge in [-0.2, -0.15) is 0 Å². The molecular weight excluding hydrogens is 524 g/mol. The highest BCUT2D eigenvalue weighted by atomic mass is 32.2. The predicted molar refractivity (Wildman–Crippen MR) is 149 cm³/mol. The Kier molecular flexibility index (Phi) is 8.13. The number of ether oxygens (including phenoxy) is 2. The second kappa shape index (κ2) is 11.5. The Morgan fingerprint density at radius 2 is 1.39 bits per heavy atom. The molecule has 0 bridgehead atoms. The fourth-order valence-electron chi connectivity index (χ4n) is 3.45. The summed E-state index contributed by atoms with van der Waals surface area (Å²) in [7, 11) is -2.41. The van der Waals surface area contributed by atoms with Gasteiger partial charge >= 0.3 is 5.97 Å². The number of rotatable bonds is 10. The lowest BCUT2D eigenvalue weighted by molar-refractivity contribution is 0.0697. The van der Waals surface area contributed by atoms with Gasteiger partial charge in [-0.3, -0.25) is 4.72 Å². The van der Waals surface area contributed by atoms with Crippen LogP contribution in [0, 0.1) is 13.8 Å². The summed E-state index contributed by atoms with van der Waals surface area (Å²) in [5.74, 6) is -0.236. The quantitative estimate of drug-likeness (QED) is 0.186. The Morgan fingerprint density at radius 3 is 2.00 bits per heavy atom. The number of sulfonamides is 1. The van der Waals surface area contributed by atoms with E-state index in [9.17, 15) is 18.3 Å². The van der Waals surface area contributed by atoms with E-state index in [1.54, 1.807) is 30.3 Å². The van der Waals surface area contributed by atoms with E-state index in [1.165, 1.54) is 49.4 Å². The van der Waals surface area contributed by atoms with Crippen LogP contribution in [0.15, 0.2) is 94.7 Å². The van der Waals surface area contributed by atoms with Crippen LogP contribution in [0.4, 0.5) is 11.4 Å². The maximum Gasteiger partial charge on any atom is 0.337 e. The molecule has 4 aromatic rings. The van der Waals surface area contributed by atoms with E-state index in [-0.39, 0.29) is 21.9 Å². The number of hydrogen-bond acceptors (Lipinski definition) is 7. The number of aryl methyl sites for hydroxylation is 2. The van der Waals surface area contributed by atoms with E-state index in [0.717, 1.165) is 16.0 Å². The number of carboxylic acid groups (broad SMARTS) is 1. The van der Waals surface area contributed by atoms with E-state index in [1.807, 2.05) is 38.1 Å². The number of anilines is 2. The summed E-state index contributed by atoms with van der Waals surface area (Å²) >= 11 is 1.31. The molecule has 0 atom stereocenters. The summed E-state index contributed by atoms with van der Waals surface area (Å²) in [6, 6.07) is 23.6. The van der Waals surface area contributed by atoms with Crippen LogP contribution >= 0.6 is 11.9 Å². The minimum atomic E-state index is -3.83. The number of methoxy groups -OCH3 is 1. The lowest BCUT2D eigenvalue weighted by atomic mass is 10.1. The Morgan fingerprint density at radius 1 is 0.816 bits per heavy atom. The Balaban J connectivity index is 1.51. The second-order valence-corrected chi connectivity index (χ2v) is 11.0. The van der Waals surface area contributed by atoms with Crippen molar-refractivity contribution in [2.24, 2.45) is 0 Å². The first-order valence-corrected chi connectivity index (χ1v) is 13.8. The molecule has 196 valence electrons. The summed E-state index contributed by atoms with van der Waals surface area (Å²) < 4.78 is 42.4.